The predicted octanol–water partition coefficient (Wildman–Crippen LogP) is 1.63. The van der Waals surface area contributed by atoms with Crippen LogP contribution in [0.25, 0.3) is 5.69 Å². The number of benzene rings is 1. The molecule has 2 aromatic rings. The third kappa shape index (κ3) is 1.91. The normalized spacial score (nSPS) is 10.3. The summed E-state index contributed by atoms with van der Waals surface area (Å²) in [6.07, 6.45) is 4.00. The SMILES string of the molecule is CCc1nccn1-c1cccc(NN)c1[N+](=O)[O-]. The molecule has 0 atom stereocenters. The van der Waals surface area contributed by atoms with Crippen molar-refractivity contribution in [3.8, 4) is 5.69 Å². The summed E-state index contributed by atoms with van der Waals surface area (Å²) in [4.78, 5) is 14.9. The number of aromatic nitrogens is 2. The van der Waals surface area contributed by atoms with E-state index < -0.39 is 4.92 Å². The molecule has 0 unspecified atom stereocenters. The first-order valence-electron chi connectivity index (χ1n) is 5.45. The van der Waals surface area contributed by atoms with Crippen LogP contribution in [0.3, 0.4) is 0 Å². The Balaban J connectivity index is 2.67. The number of imidazole rings is 1. The highest BCUT2D eigenvalue weighted by atomic mass is 16.6. The Hall–Kier alpha value is -2.41. The molecule has 0 saturated carbocycles. The summed E-state index contributed by atoms with van der Waals surface area (Å²) in [7, 11) is 0. The fourth-order valence-electron chi connectivity index (χ4n) is 1.85. The lowest BCUT2D eigenvalue weighted by molar-refractivity contribution is -0.383. The molecule has 0 aliphatic carbocycles. The Morgan fingerprint density at radius 3 is 2.94 bits per heavy atom. The van der Waals surface area contributed by atoms with E-state index in [0.29, 0.717) is 12.1 Å². The Kier molecular flexibility index (Phi) is 3.24. The molecule has 2 rings (SSSR count). The number of nitro groups is 1. The summed E-state index contributed by atoms with van der Waals surface area (Å²) in [6.45, 7) is 1.94. The molecule has 94 valence electrons. The number of hydrazine groups is 1. The second-order valence-corrected chi connectivity index (χ2v) is 3.64. The molecule has 3 N–H and O–H groups in total. The average Bonchev–Trinajstić information content (AvgIpc) is 2.85. The van der Waals surface area contributed by atoms with Crippen molar-refractivity contribution in [1.29, 1.82) is 0 Å². The molecule has 0 bridgehead atoms. The van der Waals surface area contributed by atoms with Crippen LogP contribution in [0, 0.1) is 10.1 Å². The van der Waals surface area contributed by atoms with Crippen LogP contribution in [0.1, 0.15) is 12.7 Å². The Morgan fingerprint density at radius 1 is 1.56 bits per heavy atom. The van der Waals surface area contributed by atoms with Gasteiger partial charge >= 0.3 is 5.69 Å². The number of anilines is 1. The summed E-state index contributed by atoms with van der Waals surface area (Å²) < 4.78 is 1.69. The first-order valence-corrected chi connectivity index (χ1v) is 5.45. The van der Waals surface area contributed by atoms with Gasteiger partial charge in [0.1, 0.15) is 17.2 Å². The molecule has 0 radical (unpaired) electrons. The van der Waals surface area contributed by atoms with Crippen molar-refractivity contribution in [2.75, 3.05) is 5.43 Å². The van der Waals surface area contributed by atoms with Crippen molar-refractivity contribution in [3.05, 3.63) is 46.5 Å². The third-order valence-electron chi connectivity index (χ3n) is 2.65. The van der Waals surface area contributed by atoms with Crippen molar-refractivity contribution >= 4 is 11.4 Å². The molecule has 1 aromatic carbocycles. The minimum Gasteiger partial charge on any atom is -0.318 e. The molecule has 0 saturated heterocycles. The smallest absolute Gasteiger partial charge is 0.317 e. The standard InChI is InChI=1S/C11H13N5O2/c1-2-10-13-6-7-15(10)9-5-3-4-8(14-12)11(9)16(17)18/h3-7,14H,2,12H2,1H3. The summed E-state index contributed by atoms with van der Waals surface area (Å²) in [5.41, 5.74) is 3.00. The second kappa shape index (κ2) is 4.84. The number of rotatable bonds is 4. The molecule has 0 aliphatic rings. The first kappa shape index (κ1) is 12.1. The average molecular weight is 247 g/mol. The molecular weight excluding hydrogens is 234 g/mol. The molecule has 1 heterocycles. The third-order valence-corrected chi connectivity index (χ3v) is 2.65. The molecule has 0 fully saturated rings. The van der Waals surface area contributed by atoms with Gasteiger partial charge in [0.25, 0.3) is 0 Å². The van der Waals surface area contributed by atoms with E-state index >= 15 is 0 Å². The van der Waals surface area contributed by atoms with Crippen LogP contribution in [-0.4, -0.2) is 14.5 Å². The van der Waals surface area contributed by atoms with Gasteiger partial charge in [0.15, 0.2) is 0 Å². The summed E-state index contributed by atoms with van der Waals surface area (Å²) >= 11 is 0. The van der Waals surface area contributed by atoms with E-state index in [0.717, 1.165) is 5.82 Å². The van der Waals surface area contributed by atoms with Gasteiger partial charge in [-0.15, -0.1) is 0 Å². The largest absolute Gasteiger partial charge is 0.318 e. The lowest BCUT2D eigenvalue weighted by Gasteiger charge is -2.09. The minimum absolute atomic E-state index is 0.0623. The van der Waals surface area contributed by atoms with E-state index in [1.807, 2.05) is 6.92 Å². The van der Waals surface area contributed by atoms with Gasteiger partial charge in [-0.25, -0.2) is 4.98 Å². The summed E-state index contributed by atoms with van der Waals surface area (Å²) in [5, 5.41) is 11.2. The van der Waals surface area contributed by atoms with Crippen LogP contribution in [0.5, 0.6) is 0 Å². The highest BCUT2D eigenvalue weighted by Crippen LogP contribution is 2.31. The number of aryl methyl sites for hydroxylation is 1. The summed E-state index contributed by atoms with van der Waals surface area (Å²) in [6, 6.07) is 4.93. The first-order chi connectivity index (χ1) is 8.69. The zero-order chi connectivity index (χ0) is 13.1. The van der Waals surface area contributed by atoms with Gasteiger partial charge in [0.2, 0.25) is 0 Å². The van der Waals surface area contributed by atoms with Crippen molar-refractivity contribution in [3.63, 3.8) is 0 Å². The second-order valence-electron chi connectivity index (χ2n) is 3.64. The molecule has 7 heteroatoms. The number of hydrogen-bond donors (Lipinski definition) is 2. The van der Waals surface area contributed by atoms with E-state index in [1.54, 1.807) is 35.2 Å². The van der Waals surface area contributed by atoms with Gasteiger partial charge in [0, 0.05) is 18.8 Å². The lowest BCUT2D eigenvalue weighted by Crippen LogP contribution is -2.11. The van der Waals surface area contributed by atoms with Crippen LogP contribution >= 0.6 is 0 Å². The van der Waals surface area contributed by atoms with E-state index in [-0.39, 0.29) is 11.4 Å². The number of nitrogen functional groups attached to an aromatic ring is 1. The van der Waals surface area contributed by atoms with Crippen molar-refractivity contribution in [2.24, 2.45) is 5.84 Å². The van der Waals surface area contributed by atoms with Gasteiger partial charge < -0.3 is 5.43 Å². The molecule has 18 heavy (non-hydrogen) atoms. The molecule has 0 spiro atoms. The molecule has 7 nitrogen and oxygen atoms in total. The Bertz CT molecular complexity index is 579. The van der Waals surface area contributed by atoms with E-state index in [1.165, 1.54) is 0 Å². The van der Waals surface area contributed by atoms with Crippen LogP contribution in [0.2, 0.25) is 0 Å². The van der Waals surface area contributed by atoms with Crippen LogP contribution in [0.15, 0.2) is 30.6 Å². The van der Waals surface area contributed by atoms with E-state index in [2.05, 4.69) is 10.4 Å². The van der Waals surface area contributed by atoms with Crippen LogP contribution < -0.4 is 11.3 Å². The molecular formula is C11H13N5O2. The van der Waals surface area contributed by atoms with Gasteiger partial charge in [-0.1, -0.05) is 13.0 Å². The highest BCUT2D eigenvalue weighted by Gasteiger charge is 2.21. The predicted molar refractivity (Wildman–Crippen MR) is 67.4 cm³/mol. The van der Waals surface area contributed by atoms with Crippen LogP contribution in [-0.2, 0) is 6.42 Å². The lowest BCUT2D eigenvalue weighted by atomic mass is 10.2. The maximum absolute atomic E-state index is 11.2. The number of hydrogen-bond acceptors (Lipinski definition) is 5. The van der Waals surface area contributed by atoms with Gasteiger partial charge in [-0.2, -0.15) is 0 Å². The number of nitrogens with one attached hydrogen (secondary N) is 1. The fraction of sp³-hybridized carbons (Fsp3) is 0.182. The topological polar surface area (TPSA) is 99.0 Å². The van der Waals surface area contributed by atoms with Gasteiger partial charge in [-0.05, 0) is 12.1 Å². The Labute approximate surface area is 103 Å². The van der Waals surface area contributed by atoms with Crippen LogP contribution in [0.4, 0.5) is 11.4 Å². The summed E-state index contributed by atoms with van der Waals surface area (Å²) in [5.74, 6) is 6.06. The Morgan fingerprint density at radius 2 is 2.33 bits per heavy atom. The van der Waals surface area contributed by atoms with E-state index in [9.17, 15) is 10.1 Å². The maximum atomic E-state index is 11.2. The maximum Gasteiger partial charge on any atom is 0.317 e. The molecule has 0 amide bonds. The van der Waals surface area contributed by atoms with Crippen molar-refractivity contribution in [1.82, 2.24) is 9.55 Å². The van der Waals surface area contributed by atoms with Gasteiger partial charge in [0.05, 0.1) is 4.92 Å². The zero-order valence-corrected chi connectivity index (χ0v) is 9.83. The van der Waals surface area contributed by atoms with Crippen molar-refractivity contribution in [2.45, 2.75) is 13.3 Å². The van der Waals surface area contributed by atoms with Gasteiger partial charge in [-0.3, -0.25) is 20.5 Å². The fourth-order valence-corrected chi connectivity index (χ4v) is 1.85. The minimum atomic E-state index is -0.454. The molecule has 0 aliphatic heterocycles. The number of para-hydroxylation sites is 1. The number of nitrogens with two attached hydrogens (primary N) is 1. The van der Waals surface area contributed by atoms with E-state index in [4.69, 9.17) is 5.84 Å². The molecule has 1 aromatic heterocycles. The number of nitrogens with zero attached hydrogens (tertiary/aromatic N) is 3. The monoisotopic (exact) mass is 247 g/mol. The van der Waals surface area contributed by atoms with Crippen molar-refractivity contribution < 1.29 is 4.92 Å². The quantitative estimate of drug-likeness (QED) is 0.486. The highest BCUT2D eigenvalue weighted by molar-refractivity contribution is 5.70. The number of nitro benzene ring substituents is 1. The zero-order valence-electron chi connectivity index (χ0n) is 9.83.